The van der Waals surface area contributed by atoms with Crippen LogP contribution in [0, 0.1) is 0 Å². The molecular weight excluding hydrogens is 242 g/mol. The fourth-order valence-electron chi connectivity index (χ4n) is 1.79. The average molecular weight is 267 g/mol. The highest BCUT2D eigenvalue weighted by Crippen LogP contribution is 2.13. The summed E-state index contributed by atoms with van der Waals surface area (Å²) in [5.74, 6) is 0.824. The van der Waals surface area contributed by atoms with Crippen LogP contribution in [0.1, 0.15) is 19.4 Å². The third-order valence-electron chi connectivity index (χ3n) is 2.76. The predicted molar refractivity (Wildman–Crippen MR) is 76.7 cm³/mol. The second-order valence-corrected chi connectivity index (χ2v) is 4.90. The molecule has 4 nitrogen and oxygen atoms in total. The topological polar surface area (TPSA) is 50.7 Å². The molecule has 0 unspecified atom stereocenters. The maximum atomic E-state index is 9.24. The lowest BCUT2D eigenvalue weighted by Crippen LogP contribution is -2.41. The summed E-state index contributed by atoms with van der Waals surface area (Å²) in [4.78, 5) is 0. The molecule has 0 radical (unpaired) electrons. The van der Waals surface area contributed by atoms with Crippen LogP contribution >= 0.6 is 0 Å². The highest BCUT2D eigenvalue weighted by molar-refractivity contribution is 5.27. The molecule has 1 atom stereocenters. The van der Waals surface area contributed by atoms with E-state index in [1.807, 2.05) is 38.1 Å². The minimum absolute atomic E-state index is 0.0341. The van der Waals surface area contributed by atoms with E-state index >= 15 is 0 Å². The van der Waals surface area contributed by atoms with Gasteiger partial charge in [-0.25, -0.2) is 0 Å². The van der Waals surface area contributed by atoms with Crippen LogP contribution < -0.4 is 10.1 Å². The summed E-state index contributed by atoms with van der Waals surface area (Å²) >= 11 is 0. The summed E-state index contributed by atoms with van der Waals surface area (Å²) in [6, 6.07) is 8.28. The first-order valence-corrected chi connectivity index (χ1v) is 6.73. The number of rotatable bonds is 9. The van der Waals surface area contributed by atoms with Gasteiger partial charge in [0.2, 0.25) is 0 Å². The molecule has 0 bridgehead atoms. The molecule has 0 aliphatic carbocycles. The van der Waals surface area contributed by atoms with E-state index in [4.69, 9.17) is 9.47 Å². The van der Waals surface area contributed by atoms with Gasteiger partial charge in [-0.2, -0.15) is 0 Å². The Morgan fingerprint density at radius 3 is 2.42 bits per heavy atom. The van der Waals surface area contributed by atoms with Crippen molar-refractivity contribution in [1.82, 2.24) is 5.32 Å². The van der Waals surface area contributed by atoms with E-state index in [-0.39, 0.29) is 12.6 Å². The van der Waals surface area contributed by atoms with Crippen molar-refractivity contribution in [3.63, 3.8) is 0 Å². The molecule has 0 aromatic heterocycles. The van der Waals surface area contributed by atoms with Crippen molar-refractivity contribution >= 4 is 0 Å². The van der Waals surface area contributed by atoms with E-state index in [1.165, 1.54) is 5.56 Å². The first kappa shape index (κ1) is 16.0. The lowest BCUT2D eigenvalue weighted by molar-refractivity contribution is 0.177. The van der Waals surface area contributed by atoms with Crippen molar-refractivity contribution in [2.45, 2.75) is 32.4 Å². The van der Waals surface area contributed by atoms with Gasteiger partial charge < -0.3 is 19.9 Å². The summed E-state index contributed by atoms with van der Waals surface area (Å²) in [6.07, 6.45) is 0.908. The standard InChI is InChI=1S/C15H25NO3/c1-12(2)16-14(10-17)11-19-15-6-4-13(5-7-15)8-9-18-3/h4-7,12,14,16-17H,8-11H2,1-3H3/t14-/m0/s1. The average Bonchev–Trinajstić information content (AvgIpc) is 2.42. The fourth-order valence-corrected chi connectivity index (χ4v) is 1.79. The quantitative estimate of drug-likeness (QED) is 0.714. The van der Waals surface area contributed by atoms with Gasteiger partial charge in [0.25, 0.3) is 0 Å². The molecule has 4 heteroatoms. The zero-order chi connectivity index (χ0) is 14.1. The Labute approximate surface area is 115 Å². The Morgan fingerprint density at radius 1 is 1.21 bits per heavy atom. The van der Waals surface area contributed by atoms with Crippen molar-refractivity contribution in [3.8, 4) is 5.75 Å². The van der Waals surface area contributed by atoms with Gasteiger partial charge in [0.15, 0.2) is 0 Å². The predicted octanol–water partition coefficient (Wildman–Crippen LogP) is 1.61. The van der Waals surface area contributed by atoms with E-state index in [2.05, 4.69) is 5.32 Å². The maximum Gasteiger partial charge on any atom is 0.119 e. The van der Waals surface area contributed by atoms with Crippen LogP contribution in [0.5, 0.6) is 5.75 Å². The van der Waals surface area contributed by atoms with Crippen LogP contribution in [-0.2, 0) is 11.2 Å². The number of aliphatic hydroxyl groups is 1. The van der Waals surface area contributed by atoms with Crippen LogP contribution in [0.3, 0.4) is 0 Å². The molecule has 0 amide bonds. The second kappa shape index (κ2) is 8.91. The Morgan fingerprint density at radius 2 is 1.89 bits per heavy atom. The van der Waals surface area contributed by atoms with Gasteiger partial charge in [-0.05, 0) is 24.1 Å². The minimum atomic E-state index is -0.0341. The fraction of sp³-hybridized carbons (Fsp3) is 0.600. The Kier molecular flexibility index (Phi) is 7.48. The van der Waals surface area contributed by atoms with Crippen molar-refractivity contribution < 1.29 is 14.6 Å². The summed E-state index contributed by atoms with van der Waals surface area (Å²) in [5, 5.41) is 12.5. The number of benzene rings is 1. The second-order valence-electron chi connectivity index (χ2n) is 4.90. The number of hydrogen-bond acceptors (Lipinski definition) is 4. The minimum Gasteiger partial charge on any atom is -0.492 e. The van der Waals surface area contributed by atoms with E-state index in [0.717, 1.165) is 18.8 Å². The Bertz CT molecular complexity index is 338. The normalized spacial score (nSPS) is 12.7. The smallest absolute Gasteiger partial charge is 0.119 e. The molecule has 0 aliphatic rings. The Hall–Kier alpha value is -1.10. The van der Waals surface area contributed by atoms with Gasteiger partial charge in [-0.1, -0.05) is 26.0 Å². The molecule has 0 fully saturated rings. The van der Waals surface area contributed by atoms with Gasteiger partial charge in [-0.15, -0.1) is 0 Å². The van der Waals surface area contributed by atoms with E-state index in [9.17, 15) is 5.11 Å². The number of hydrogen-bond donors (Lipinski definition) is 2. The summed E-state index contributed by atoms with van der Waals surface area (Å²) in [5.41, 5.74) is 1.23. The number of nitrogens with one attached hydrogen (secondary N) is 1. The summed E-state index contributed by atoms with van der Waals surface area (Å²) < 4.78 is 10.7. The van der Waals surface area contributed by atoms with E-state index < -0.39 is 0 Å². The van der Waals surface area contributed by atoms with Gasteiger partial charge >= 0.3 is 0 Å². The molecule has 0 saturated heterocycles. The molecule has 0 aliphatic heterocycles. The number of methoxy groups -OCH3 is 1. The van der Waals surface area contributed by atoms with E-state index in [1.54, 1.807) is 7.11 Å². The zero-order valence-corrected chi connectivity index (χ0v) is 12.1. The van der Waals surface area contributed by atoms with Crippen molar-refractivity contribution in [2.75, 3.05) is 26.9 Å². The van der Waals surface area contributed by atoms with Gasteiger partial charge in [-0.3, -0.25) is 0 Å². The highest BCUT2D eigenvalue weighted by Gasteiger charge is 2.09. The zero-order valence-electron chi connectivity index (χ0n) is 12.1. The van der Waals surface area contributed by atoms with Crippen molar-refractivity contribution in [2.24, 2.45) is 0 Å². The maximum absolute atomic E-state index is 9.24. The molecule has 0 heterocycles. The molecule has 2 N–H and O–H groups in total. The highest BCUT2D eigenvalue weighted by atomic mass is 16.5. The lowest BCUT2D eigenvalue weighted by atomic mass is 10.1. The summed E-state index contributed by atoms with van der Waals surface area (Å²) in [6.45, 7) is 5.36. The monoisotopic (exact) mass is 267 g/mol. The third kappa shape index (κ3) is 6.57. The molecular formula is C15H25NO3. The molecule has 1 aromatic carbocycles. The molecule has 0 saturated carbocycles. The van der Waals surface area contributed by atoms with Crippen molar-refractivity contribution in [3.05, 3.63) is 29.8 Å². The van der Waals surface area contributed by atoms with Gasteiger partial charge in [0, 0.05) is 13.2 Å². The van der Waals surface area contributed by atoms with Crippen LogP contribution in [-0.4, -0.2) is 44.1 Å². The summed E-state index contributed by atoms with van der Waals surface area (Å²) in [7, 11) is 1.70. The molecule has 108 valence electrons. The van der Waals surface area contributed by atoms with Crippen LogP contribution in [0.25, 0.3) is 0 Å². The molecule has 19 heavy (non-hydrogen) atoms. The Balaban J connectivity index is 2.39. The van der Waals surface area contributed by atoms with E-state index in [0.29, 0.717) is 12.6 Å². The largest absolute Gasteiger partial charge is 0.492 e. The van der Waals surface area contributed by atoms with Crippen LogP contribution in [0.15, 0.2) is 24.3 Å². The SMILES string of the molecule is COCCc1ccc(OC[C@H](CO)NC(C)C)cc1. The number of ether oxygens (including phenoxy) is 2. The molecule has 1 aromatic rings. The first-order valence-electron chi connectivity index (χ1n) is 6.73. The van der Waals surface area contributed by atoms with Crippen LogP contribution in [0.4, 0.5) is 0 Å². The third-order valence-corrected chi connectivity index (χ3v) is 2.76. The van der Waals surface area contributed by atoms with Gasteiger partial charge in [0.1, 0.15) is 12.4 Å². The van der Waals surface area contributed by atoms with Crippen LogP contribution in [0.2, 0.25) is 0 Å². The molecule has 1 rings (SSSR count). The van der Waals surface area contributed by atoms with Gasteiger partial charge in [0.05, 0.1) is 19.3 Å². The molecule has 0 spiro atoms. The lowest BCUT2D eigenvalue weighted by Gasteiger charge is -2.19. The number of aliphatic hydroxyl groups excluding tert-OH is 1. The van der Waals surface area contributed by atoms with Crippen molar-refractivity contribution in [1.29, 1.82) is 0 Å². The first-order chi connectivity index (χ1) is 9.15.